The van der Waals surface area contributed by atoms with Gasteiger partial charge in [0, 0.05) is 47.4 Å². The highest BCUT2D eigenvalue weighted by Gasteiger charge is 2.01. The average molecular weight is 311 g/mol. The Labute approximate surface area is 133 Å². The molecule has 1 aromatic carbocycles. The first-order chi connectivity index (χ1) is 10.8. The van der Waals surface area contributed by atoms with E-state index in [4.69, 9.17) is 11.6 Å². The van der Waals surface area contributed by atoms with Crippen LogP contribution in [-0.2, 0) is 0 Å². The fourth-order valence-corrected chi connectivity index (χ4v) is 2.32. The molecule has 0 spiro atoms. The number of rotatable bonds is 5. The number of aliphatic imine (C=N–C) groups is 1. The van der Waals surface area contributed by atoms with E-state index >= 15 is 0 Å². The summed E-state index contributed by atoms with van der Waals surface area (Å²) < 4.78 is 0. The lowest BCUT2D eigenvalue weighted by molar-refractivity contribution is 1.03. The first-order valence-corrected chi connectivity index (χ1v) is 7.39. The van der Waals surface area contributed by atoms with Crippen LogP contribution >= 0.6 is 11.6 Å². The van der Waals surface area contributed by atoms with Crippen molar-refractivity contribution in [1.82, 2.24) is 9.97 Å². The van der Waals surface area contributed by atoms with Crippen LogP contribution in [0.15, 0.2) is 60.0 Å². The summed E-state index contributed by atoms with van der Waals surface area (Å²) in [6.07, 6.45) is 7.15. The summed E-state index contributed by atoms with van der Waals surface area (Å²) in [6, 6.07) is 11.5. The number of nitrogens with one attached hydrogen (secondary N) is 1. The van der Waals surface area contributed by atoms with E-state index in [0.29, 0.717) is 11.6 Å². The number of aromatic nitrogens is 2. The first-order valence-electron chi connectivity index (χ1n) is 7.01. The third-order valence-electron chi connectivity index (χ3n) is 3.21. The zero-order valence-electron chi connectivity index (χ0n) is 11.9. The quantitative estimate of drug-likeness (QED) is 0.576. The van der Waals surface area contributed by atoms with Gasteiger partial charge in [0.1, 0.15) is 0 Å². The number of fused-ring (bicyclic) bond motifs is 1. The van der Waals surface area contributed by atoms with Gasteiger partial charge in [0.15, 0.2) is 0 Å². The molecule has 0 atom stereocenters. The summed E-state index contributed by atoms with van der Waals surface area (Å²) in [5, 5.41) is 5.14. The summed E-state index contributed by atoms with van der Waals surface area (Å²) in [5.74, 6) is 0. The fourth-order valence-electron chi connectivity index (χ4n) is 2.15. The maximum atomic E-state index is 5.99. The summed E-state index contributed by atoms with van der Waals surface area (Å²) in [5.41, 5.74) is 2.98. The molecule has 0 fully saturated rings. The molecule has 0 radical (unpaired) electrons. The van der Waals surface area contributed by atoms with E-state index in [0.717, 1.165) is 28.7 Å². The molecular formula is C17H15ClN4. The number of pyridine rings is 2. The maximum Gasteiger partial charge on any atom is 0.0737 e. The summed E-state index contributed by atoms with van der Waals surface area (Å²) in [4.78, 5) is 12.7. The maximum absolute atomic E-state index is 5.99. The van der Waals surface area contributed by atoms with Gasteiger partial charge in [-0.1, -0.05) is 11.6 Å². The predicted molar refractivity (Wildman–Crippen MR) is 91.9 cm³/mol. The lowest BCUT2D eigenvalue weighted by Gasteiger charge is -2.08. The van der Waals surface area contributed by atoms with Gasteiger partial charge in [-0.05, 0) is 42.0 Å². The van der Waals surface area contributed by atoms with Gasteiger partial charge in [0.05, 0.1) is 12.1 Å². The molecule has 2 heterocycles. The molecule has 5 heteroatoms. The van der Waals surface area contributed by atoms with Crippen molar-refractivity contribution in [3.63, 3.8) is 0 Å². The molecular weight excluding hydrogens is 296 g/mol. The normalized spacial score (nSPS) is 11.1. The van der Waals surface area contributed by atoms with Gasteiger partial charge in [-0.25, -0.2) is 0 Å². The third kappa shape index (κ3) is 3.59. The van der Waals surface area contributed by atoms with E-state index in [1.54, 1.807) is 18.6 Å². The second kappa shape index (κ2) is 7.00. The topological polar surface area (TPSA) is 50.2 Å². The standard InChI is InChI=1S/C17H15ClN4/c18-14-1-2-15-16(5-8-21-17(15)11-14)22-10-9-20-12-13-3-6-19-7-4-13/h1-8,11-12H,9-10H2,(H,21,22). The minimum Gasteiger partial charge on any atom is -0.383 e. The molecule has 0 aliphatic rings. The van der Waals surface area contributed by atoms with Crippen LogP contribution in [0.4, 0.5) is 5.69 Å². The van der Waals surface area contributed by atoms with Gasteiger partial charge in [0.2, 0.25) is 0 Å². The Morgan fingerprint density at radius 3 is 2.82 bits per heavy atom. The molecule has 2 aromatic heterocycles. The molecule has 0 amide bonds. The van der Waals surface area contributed by atoms with Crippen LogP contribution in [0.3, 0.4) is 0 Å². The van der Waals surface area contributed by atoms with Crippen molar-refractivity contribution in [2.45, 2.75) is 0 Å². The molecule has 22 heavy (non-hydrogen) atoms. The second-order valence-corrected chi connectivity index (χ2v) is 5.20. The number of hydrogen-bond acceptors (Lipinski definition) is 4. The highest BCUT2D eigenvalue weighted by Crippen LogP contribution is 2.24. The van der Waals surface area contributed by atoms with E-state index < -0.39 is 0 Å². The highest BCUT2D eigenvalue weighted by atomic mass is 35.5. The van der Waals surface area contributed by atoms with Crippen molar-refractivity contribution in [2.75, 3.05) is 18.4 Å². The molecule has 4 nitrogen and oxygen atoms in total. The smallest absolute Gasteiger partial charge is 0.0737 e. The number of anilines is 1. The van der Waals surface area contributed by atoms with E-state index in [1.165, 1.54) is 0 Å². The van der Waals surface area contributed by atoms with Gasteiger partial charge >= 0.3 is 0 Å². The van der Waals surface area contributed by atoms with Crippen LogP contribution < -0.4 is 5.32 Å². The molecule has 3 aromatic rings. The lowest BCUT2D eigenvalue weighted by Crippen LogP contribution is -2.05. The molecule has 3 rings (SSSR count). The Morgan fingerprint density at radius 1 is 1.09 bits per heavy atom. The van der Waals surface area contributed by atoms with Gasteiger partial charge in [-0.2, -0.15) is 0 Å². The van der Waals surface area contributed by atoms with Crippen LogP contribution in [0.25, 0.3) is 10.9 Å². The van der Waals surface area contributed by atoms with Crippen LogP contribution in [0.5, 0.6) is 0 Å². The molecule has 0 bridgehead atoms. The molecule has 0 saturated carbocycles. The summed E-state index contributed by atoms with van der Waals surface area (Å²) >= 11 is 5.99. The number of nitrogens with zero attached hydrogens (tertiary/aromatic N) is 3. The first kappa shape index (κ1) is 14.5. The number of benzene rings is 1. The Hall–Kier alpha value is -2.46. The van der Waals surface area contributed by atoms with Crippen LogP contribution in [0.1, 0.15) is 5.56 Å². The largest absolute Gasteiger partial charge is 0.383 e. The van der Waals surface area contributed by atoms with Crippen LogP contribution in [-0.4, -0.2) is 29.3 Å². The fraction of sp³-hybridized carbons (Fsp3) is 0.118. The minimum absolute atomic E-state index is 0.694. The van der Waals surface area contributed by atoms with E-state index in [9.17, 15) is 0 Å². The Kier molecular flexibility index (Phi) is 4.61. The second-order valence-electron chi connectivity index (χ2n) is 4.76. The molecule has 1 N–H and O–H groups in total. The summed E-state index contributed by atoms with van der Waals surface area (Å²) in [6.45, 7) is 1.45. The lowest BCUT2D eigenvalue weighted by atomic mass is 10.2. The average Bonchev–Trinajstić information content (AvgIpc) is 2.55. The van der Waals surface area contributed by atoms with Gasteiger partial charge in [-0.3, -0.25) is 15.0 Å². The molecule has 0 saturated heterocycles. The number of hydrogen-bond donors (Lipinski definition) is 1. The predicted octanol–water partition coefficient (Wildman–Crippen LogP) is 3.81. The van der Waals surface area contributed by atoms with Crippen LogP contribution in [0.2, 0.25) is 5.02 Å². The van der Waals surface area contributed by atoms with Crippen molar-refractivity contribution < 1.29 is 0 Å². The van der Waals surface area contributed by atoms with Crippen molar-refractivity contribution >= 4 is 34.4 Å². The van der Waals surface area contributed by atoms with Crippen molar-refractivity contribution in [3.05, 3.63) is 65.6 Å². The number of halogens is 1. The zero-order chi connectivity index (χ0) is 15.2. The monoisotopic (exact) mass is 310 g/mol. The molecule has 0 unspecified atom stereocenters. The zero-order valence-corrected chi connectivity index (χ0v) is 12.7. The van der Waals surface area contributed by atoms with Crippen molar-refractivity contribution in [1.29, 1.82) is 0 Å². The molecule has 110 valence electrons. The Morgan fingerprint density at radius 2 is 1.95 bits per heavy atom. The van der Waals surface area contributed by atoms with Gasteiger partial charge in [-0.15, -0.1) is 0 Å². The highest BCUT2D eigenvalue weighted by molar-refractivity contribution is 6.31. The Balaban J connectivity index is 1.61. The Bertz CT molecular complexity index is 787. The van der Waals surface area contributed by atoms with Gasteiger partial charge in [0.25, 0.3) is 0 Å². The molecule has 0 aliphatic heterocycles. The molecule has 0 aliphatic carbocycles. The summed E-state index contributed by atoms with van der Waals surface area (Å²) in [7, 11) is 0. The minimum atomic E-state index is 0.694. The van der Waals surface area contributed by atoms with Gasteiger partial charge < -0.3 is 5.32 Å². The SMILES string of the molecule is Clc1ccc2c(NCCN=Cc3ccncc3)ccnc2c1. The van der Waals surface area contributed by atoms with Crippen molar-refractivity contribution in [2.24, 2.45) is 4.99 Å². The van der Waals surface area contributed by atoms with E-state index in [2.05, 4.69) is 20.3 Å². The van der Waals surface area contributed by atoms with Crippen molar-refractivity contribution in [3.8, 4) is 0 Å². The van der Waals surface area contributed by atoms with Crippen LogP contribution in [0, 0.1) is 0 Å². The van der Waals surface area contributed by atoms with E-state index in [1.807, 2.05) is 42.6 Å². The third-order valence-corrected chi connectivity index (χ3v) is 3.44. The van der Waals surface area contributed by atoms with E-state index in [-0.39, 0.29) is 0 Å².